The Kier molecular flexibility index (Phi) is 4.42. The van der Waals surface area contributed by atoms with Gasteiger partial charge in [-0.05, 0) is 36.4 Å². The SMILES string of the molecule is CS(=O)(=O)Nc1ccc(NCc2c(F)cccc2F)cc1. The van der Waals surface area contributed by atoms with Gasteiger partial charge in [-0.15, -0.1) is 0 Å². The van der Waals surface area contributed by atoms with E-state index >= 15 is 0 Å². The van der Waals surface area contributed by atoms with Gasteiger partial charge in [0.05, 0.1) is 6.26 Å². The van der Waals surface area contributed by atoms with E-state index in [1.165, 1.54) is 18.2 Å². The van der Waals surface area contributed by atoms with Crippen LogP contribution in [0.4, 0.5) is 20.2 Å². The molecule has 7 heteroatoms. The monoisotopic (exact) mass is 312 g/mol. The number of nitrogens with one attached hydrogen (secondary N) is 2. The van der Waals surface area contributed by atoms with E-state index < -0.39 is 21.7 Å². The fourth-order valence-electron chi connectivity index (χ4n) is 1.76. The number of hydrogen-bond acceptors (Lipinski definition) is 3. The lowest BCUT2D eigenvalue weighted by Crippen LogP contribution is -2.09. The molecule has 2 aromatic rings. The molecule has 0 atom stereocenters. The van der Waals surface area contributed by atoms with Gasteiger partial charge in [-0.25, -0.2) is 17.2 Å². The Balaban J connectivity index is 2.04. The normalized spacial score (nSPS) is 11.2. The van der Waals surface area contributed by atoms with E-state index in [1.807, 2.05) is 0 Å². The van der Waals surface area contributed by atoms with Crippen molar-refractivity contribution in [3.05, 3.63) is 59.7 Å². The highest BCUT2D eigenvalue weighted by molar-refractivity contribution is 7.92. The first-order valence-electron chi connectivity index (χ1n) is 6.10. The predicted octanol–water partition coefficient (Wildman–Crippen LogP) is 2.95. The van der Waals surface area contributed by atoms with E-state index in [9.17, 15) is 17.2 Å². The van der Waals surface area contributed by atoms with E-state index in [2.05, 4.69) is 10.0 Å². The first-order valence-corrected chi connectivity index (χ1v) is 7.99. The number of hydrogen-bond donors (Lipinski definition) is 2. The average molecular weight is 312 g/mol. The van der Waals surface area contributed by atoms with Gasteiger partial charge >= 0.3 is 0 Å². The summed E-state index contributed by atoms with van der Waals surface area (Å²) in [5.41, 5.74) is 0.993. The van der Waals surface area contributed by atoms with Crippen molar-refractivity contribution in [3.63, 3.8) is 0 Å². The topological polar surface area (TPSA) is 58.2 Å². The number of halogens is 2. The molecule has 0 fully saturated rings. The van der Waals surface area contributed by atoms with E-state index in [4.69, 9.17) is 0 Å². The molecule has 0 radical (unpaired) electrons. The Hall–Kier alpha value is -2.15. The van der Waals surface area contributed by atoms with Crippen LogP contribution in [0.3, 0.4) is 0 Å². The molecule has 112 valence electrons. The van der Waals surface area contributed by atoms with Crippen molar-refractivity contribution in [2.75, 3.05) is 16.3 Å². The number of benzene rings is 2. The van der Waals surface area contributed by atoms with Crippen molar-refractivity contribution in [2.45, 2.75) is 6.54 Å². The maximum atomic E-state index is 13.4. The first-order chi connectivity index (χ1) is 9.85. The van der Waals surface area contributed by atoms with Gasteiger partial charge in [0.15, 0.2) is 0 Å². The molecule has 0 unspecified atom stereocenters. The molecule has 2 N–H and O–H groups in total. The molecule has 21 heavy (non-hydrogen) atoms. The molecule has 0 bridgehead atoms. The van der Waals surface area contributed by atoms with E-state index in [1.54, 1.807) is 24.3 Å². The summed E-state index contributed by atoms with van der Waals surface area (Å²) in [7, 11) is -3.33. The van der Waals surface area contributed by atoms with Crippen LogP contribution in [0.15, 0.2) is 42.5 Å². The van der Waals surface area contributed by atoms with Gasteiger partial charge in [-0.2, -0.15) is 0 Å². The Bertz CT molecular complexity index is 711. The zero-order valence-corrected chi connectivity index (χ0v) is 12.0. The molecule has 0 aliphatic carbocycles. The molecule has 0 amide bonds. The number of rotatable bonds is 5. The van der Waals surface area contributed by atoms with Gasteiger partial charge in [-0.3, -0.25) is 4.72 Å². The molecule has 2 aromatic carbocycles. The highest BCUT2D eigenvalue weighted by atomic mass is 32.2. The molecule has 4 nitrogen and oxygen atoms in total. The standard InChI is InChI=1S/C14H14F2N2O2S/c1-21(19,20)18-11-7-5-10(6-8-11)17-9-12-13(15)3-2-4-14(12)16/h2-8,17-18H,9H2,1H3. The van der Waals surface area contributed by atoms with Gasteiger partial charge in [-0.1, -0.05) is 6.07 Å². The van der Waals surface area contributed by atoms with Gasteiger partial charge in [0, 0.05) is 23.5 Å². The van der Waals surface area contributed by atoms with Crippen LogP contribution in [0.25, 0.3) is 0 Å². The summed E-state index contributed by atoms with van der Waals surface area (Å²) in [6.45, 7) is -0.00262. The fraction of sp³-hybridized carbons (Fsp3) is 0.143. The van der Waals surface area contributed by atoms with Crippen molar-refractivity contribution in [1.29, 1.82) is 0 Å². The Morgan fingerprint density at radius 3 is 2.00 bits per heavy atom. The van der Waals surface area contributed by atoms with Crippen molar-refractivity contribution < 1.29 is 17.2 Å². The maximum Gasteiger partial charge on any atom is 0.229 e. The molecular weight excluding hydrogens is 298 g/mol. The van der Waals surface area contributed by atoms with E-state index in [-0.39, 0.29) is 12.1 Å². The molecule has 0 aliphatic heterocycles. The van der Waals surface area contributed by atoms with Crippen LogP contribution in [0.2, 0.25) is 0 Å². The first kappa shape index (κ1) is 15.2. The van der Waals surface area contributed by atoms with Crippen molar-refractivity contribution in [3.8, 4) is 0 Å². The minimum Gasteiger partial charge on any atom is -0.381 e. The predicted molar refractivity (Wildman–Crippen MR) is 78.6 cm³/mol. The van der Waals surface area contributed by atoms with Crippen LogP contribution in [0, 0.1) is 11.6 Å². The Labute approximate surface area is 121 Å². The van der Waals surface area contributed by atoms with Crippen LogP contribution in [0.1, 0.15) is 5.56 Å². The summed E-state index contributed by atoms with van der Waals surface area (Å²) in [6.07, 6.45) is 1.06. The van der Waals surface area contributed by atoms with Gasteiger partial charge < -0.3 is 5.32 Å². The van der Waals surface area contributed by atoms with Crippen molar-refractivity contribution in [2.24, 2.45) is 0 Å². The highest BCUT2D eigenvalue weighted by Gasteiger charge is 2.08. The molecule has 0 saturated carbocycles. The average Bonchev–Trinajstić information content (AvgIpc) is 2.38. The fourth-order valence-corrected chi connectivity index (χ4v) is 2.33. The molecule has 0 saturated heterocycles. The second-order valence-electron chi connectivity index (χ2n) is 4.51. The van der Waals surface area contributed by atoms with Crippen LogP contribution in [0.5, 0.6) is 0 Å². The van der Waals surface area contributed by atoms with Crippen LogP contribution < -0.4 is 10.0 Å². The molecule has 0 spiro atoms. The Morgan fingerprint density at radius 1 is 0.952 bits per heavy atom. The molecule has 2 rings (SSSR count). The lowest BCUT2D eigenvalue weighted by Gasteiger charge is -2.09. The molecule has 0 heterocycles. The Morgan fingerprint density at radius 2 is 1.48 bits per heavy atom. The highest BCUT2D eigenvalue weighted by Crippen LogP contribution is 2.17. The van der Waals surface area contributed by atoms with Crippen molar-refractivity contribution in [1.82, 2.24) is 0 Å². The molecule has 0 aromatic heterocycles. The van der Waals surface area contributed by atoms with Crippen LogP contribution in [-0.2, 0) is 16.6 Å². The zero-order chi connectivity index (χ0) is 15.5. The summed E-state index contributed by atoms with van der Waals surface area (Å²) in [5.74, 6) is -1.23. The van der Waals surface area contributed by atoms with E-state index in [0.717, 1.165) is 6.26 Å². The third-order valence-corrected chi connectivity index (χ3v) is 3.33. The summed E-state index contributed by atoms with van der Waals surface area (Å²) < 4.78 is 51.3. The number of anilines is 2. The summed E-state index contributed by atoms with van der Waals surface area (Å²) in [5, 5.41) is 2.88. The second kappa shape index (κ2) is 6.09. The third kappa shape index (κ3) is 4.42. The van der Waals surface area contributed by atoms with Gasteiger partial charge in [0.2, 0.25) is 10.0 Å². The third-order valence-electron chi connectivity index (χ3n) is 2.72. The number of sulfonamides is 1. The lowest BCUT2D eigenvalue weighted by atomic mass is 10.2. The minimum absolute atomic E-state index is 0.00262. The van der Waals surface area contributed by atoms with Gasteiger partial charge in [0.25, 0.3) is 0 Å². The maximum absolute atomic E-state index is 13.4. The summed E-state index contributed by atoms with van der Waals surface area (Å²) in [4.78, 5) is 0. The van der Waals surface area contributed by atoms with Crippen molar-refractivity contribution >= 4 is 21.4 Å². The zero-order valence-electron chi connectivity index (χ0n) is 11.2. The minimum atomic E-state index is -3.33. The van der Waals surface area contributed by atoms with Crippen LogP contribution in [-0.4, -0.2) is 14.7 Å². The summed E-state index contributed by atoms with van der Waals surface area (Å²) in [6, 6.07) is 10.0. The van der Waals surface area contributed by atoms with Crippen LogP contribution >= 0.6 is 0 Å². The molecule has 0 aliphatic rings. The largest absolute Gasteiger partial charge is 0.381 e. The summed E-state index contributed by atoms with van der Waals surface area (Å²) >= 11 is 0. The van der Waals surface area contributed by atoms with Gasteiger partial charge in [0.1, 0.15) is 11.6 Å². The van der Waals surface area contributed by atoms with E-state index in [0.29, 0.717) is 11.4 Å². The second-order valence-corrected chi connectivity index (χ2v) is 6.25. The molecular formula is C14H14F2N2O2S. The smallest absolute Gasteiger partial charge is 0.229 e. The quantitative estimate of drug-likeness (QED) is 0.892. The lowest BCUT2D eigenvalue weighted by molar-refractivity contribution is 0.560.